The van der Waals surface area contributed by atoms with Gasteiger partial charge in [0.1, 0.15) is 11.6 Å². The molecule has 2 fully saturated rings. The van der Waals surface area contributed by atoms with Crippen LogP contribution >= 0.6 is 0 Å². The van der Waals surface area contributed by atoms with E-state index in [-0.39, 0.29) is 23.8 Å². The lowest BCUT2D eigenvalue weighted by atomic mass is 9.85. The molecule has 0 aromatic heterocycles. The Morgan fingerprint density at radius 2 is 1.86 bits per heavy atom. The highest BCUT2D eigenvalue weighted by atomic mass is 16.2. The highest BCUT2D eigenvalue weighted by Crippen LogP contribution is 2.39. The smallest absolute Gasteiger partial charge is 0.246 e. The first kappa shape index (κ1) is 16.3. The van der Waals surface area contributed by atoms with Crippen LogP contribution in [0.5, 0.6) is 0 Å². The maximum Gasteiger partial charge on any atom is 0.246 e. The van der Waals surface area contributed by atoms with Crippen LogP contribution in [0.15, 0.2) is 0 Å². The lowest BCUT2D eigenvalue weighted by Gasteiger charge is -2.48. The molecule has 2 amide bonds. The molecule has 2 atom stereocenters. The van der Waals surface area contributed by atoms with Crippen LogP contribution in [0.1, 0.15) is 66.2 Å². The van der Waals surface area contributed by atoms with Crippen molar-refractivity contribution in [2.45, 2.75) is 77.8 Å². The molecule has 1 N–H and O–H groups in total. The average molecular weight is 294 g/mol. The molecule has 1 saturated carbocycles. The molecule has 1 aliphatic carbocycles. The molecule has 2 aliphatic rings. The number of carbonyl (C=O) groups excluding carboxylic acids is 2. The van der Waals surface area contributed by atoms with Gasteiger partial charge in [0.2, 0.25) is 11.8 Å². The average Bonchev–Trinajstić information content (AvgIpc) is 2.90. The van der Waals surface area contributed by atoms with Gasteiger partial charge < -0.3 is 10.2 Å². The van der Waals surface area contributed by atoms with Gasteiger partial charge in [-0.05, 0) is 31.1 Å². The van der Waals surface area contributed by atoms with Gasteiger partial charge in [-0.15, -0.1) is 0 Å². The van der Waals surface area contributed by atoms with Gasteiger partial charge in [-0.2, -0.15) is 0 Å². The summed E-state index contributed by atoms with van der Waals surface area (Å²) in [6.07, 6.45) is 5.98. The van der Waals surface area contributed by atoms with Crippen molar-refractivity contribution in [2.75, 3.05) is 6.54 Å². The van der Waals surface area contributed by atoms with E-state index in [0.29, 0.717) is 5.92 Å². The zero-order chi connectivity index (χ0) is 15.6. The molecule has 2 rings (SSSR count). The van der Waals surface area contributed by atoms with E-state index >= 15 is 0 Å². The number of rotatable bonds is 5. The van der Waals surface area contributed by atoms with Gasteiger partial charge >= 0.3 is 0 Å². The summed E-state index contributed by atoms with van der Waals surface area (Å²) in [6.45, 7) is 9.09. The first-order chi connectivity index (χ1) is 9.92. The van der Waals surface area contributed by atoms with E-state index < -0.39 is 5.54 Å². The van der Waals surface area contributed by atoms with E-state index in [4.69, 9.17) is 0 Å². The van der Waals surface area contributed by atoms with Crippen LogP contribution in [0, 0.1) is 11.8 Å². The van der Waals surface area contributed by atoms with Crippen LogP contribution in [-0.4, -0.2) is 34.8 Å². The van der Waals surface area contributed by atoms with Gasteiger partial charge in [-0.3, -0.25) is 9.59 Å². The van der Waals surface area contributed by atoms with E-state index in [0.717, 1.165) is 45.1 Å². The molecule has 0 bridgehead atoms. The topological polar surface area (TPSA) is 49.4 Å². The highest BCUT2D eigenvalue weighted by molar-refractivity contribution is 6.00. The maximum absolute atomic E-state index is 12.9. The van der Waals surface area contributed by atoms with Crippen molar-refractivity contribution in [1.82, 2.24) is 10.2 Å². The first-order valence-corrected chi connectivity index (χ1v) is 8.55. The van der Waals surface area contributed by atoms with Gasteiger partial charge in [0, 0.05) is 6.54 Å². The number of hydrogen-bond donors (Lipinski definition) is 1. The Bertz CT molecular complexity index is 400. The van der Waals surface area contributed by atoms with E-state index in [2.05, 4.69) is 19.2 Å². The van der Waals surface area contributed by atoms with E-state index in [1.54, 1.807) is 0 Å². The summed E-state index contributed by atoms with van der Waals surface area (Å²) in [4.78, 5) is 27.6. The summed E-state index contributed by atoms with van der Waals surface area (Å²) in [5.74, 6) is 0.816. The Kier molecular flexibility index (Phi) is 4.95. The molecule has 1 saturated heterocycles. The molecule has 120 valence electrons. The number of amides is 2. The molecule has 0 radical (unpaired) electrons. The van der Waals surface area contributed by atoms with Crippen molar-refractivity contribution < 1.29 is 9.59 Å². The standard InChI is InChI=1S/C17H30N2O2/c1-5-8-13(4)11-19-15(20)14(12(2)3)18-16(21)17(19)9-6-7-10-17/h12-14H,5-11H2,1-4H3,(H,18,21). The monoisotopic (exact) mass is 294 g/mol. The molecule has 1 spiro atoms. The molecule has 1 aliphatic heterocycles. The number of carbonyl (C=O) groups is 2. The van der Waals surface area contributed by atoms with Gasteiger partial charge in [-0.25, -0.2) is 0 Å². The number of nitrogens with one attached hydrogen (secondary N) is 1. The molecular weight excluding hydrogens is 264 g/mol. The molecule has 0 aromatic rings. The molecule has 1 heterocycles. The summed E-state index contributed by atoms with van der Waals surface area (Å²) in [5, 5.41) is 3.00. The maximum atomic E-state index is 12.9. The van der Waals surface area contributed by atoms with Crippen molar-refractivity contribution in [2.24, 2.45) is 11.8 Å². The van der Waals surface area contributed by atoms with Crippen LogP contribution in [0.2, 0.25) is 0 Å². The summed E-state index contributed by atoms with van der Waals surface area (Å²) in [5.41, 5.74) is -0.551. The van der Waals surface area contributed by atoms with Gasteiger partial charge in [0.05, 0.1) is 0 Å². The van der Waals surface area contributed by atoms with Gasteiger partial charge in [0.15, 0.2) is 0 Å². The van der Waals surface area contributed by atoms with E-state index in [1.807, 2.05) is 18.7 Å². The molecule has 2 unspecified atom stereocenters. The number of piperazine rings is 1. The van der Waals surface area contributed by atoms with Crippen molar-refractivity contribution in [1.29, 1.82) is 0 Å². The second-order valence-corrected chi connectivity index (χ2v) is 7.28. The van der Waals surface area contributed by atoms with Crippen LogP contribution in [-0.2, 0) is 9.59 Å². The zero-order valence-electron chi connectivity index (χ0n) is 13.9. The summed E-state index contributed by atoms with van der Waals surface area (Å²) in [6, 6.07) is -0.349. The zero-order valence-corrected chi connectivity index (χ0v) is 13.9. The Balaban J connectivity index is 2.27. The summed E-state index contributed by atoms with van der Waals surface area (Å²) in [7, 11) is 0. The largest absolute Gasteiger partial charge is 0.342 e. The fraction of sp³-hybridized carbons (Fsp3) is 0.882. The summed E-state index contributed by atoms with van der Waals surface area (Å²) >= 11 is 0. The van der Waals surface area contributed by atoms with Crippen molar-refractivity contribution in [3.8, 4) is 0 Å². The molecular formula is C17H30N2O2. The third-order valence-corrected chi connectivity index (χ3v) is 5.13. The van der Waals surface area contributed by atoms with Crippen molar-refractivity contribution >= 4 is 11.8 Å². The van der Waals surface area contributed by atoms with Crippen LogP contribution in [0.25, 0.3) is 0 Å². The number of nitrogens with zero attached hydrogens (tertiary/aromatic N) is 1. The van der Waals surface area contributed by atoms with Gasteiger partial charge in [-0.1, -0.05) is 47.0 Å². The van der Waals surface area contributed by atoms with Gasteiger partial charge in [0.25, 0.3) is 0 Å². The number of hydrogen-bond acceptors (Lipinski definition) is 2. The van der Waals surface area contributed by atoms with Crippen LogP contribution in [0.4, 0.5) is 0 Å². The second kappa shape index (κ2) is 6.37. The van der Waals surface area contributed by atoms with Crippen LogP contribution in [0.3, 0.4) is 0 Å². The van der Waals surface area contributed by atoms with E-state index in [9.17, 15) is 9.59 Å². The minimum absolute atomic E-state index is 0.0852. The molecule has 21 heavy (non-hydrogen) atoms. The Labute approximate surface area is 128 Å². The van der Waals surface area contributed by atoms with Crippen molar-refractivity contribution in [3.63, 3.8) is 0 Å². The predicted octanol–water partition coefficient (Wildman–Crippen LogP) is 2.72. The SMILES string of the molecule is CCCC(C)CN1C(=O)C(C(C)C)NC(=O)C12CCCC2. The molecule has 4 nitrogen and oxygen atoms in total. The lowest BCUT2D eigenvalue weighted by molar-refractivity contribution is -0.159. The molecule has 4 heteroatoms. The Morgan fingerprint density at radius 3 is 2.38 bits per heavy atom. The Morgan fingerprint density at radius 1 is 1.24 bits per heavy atom. The lowest BCUT2D eigenvalue weighted by Crippen LogP contribution is -2.71. The minimum atomic E-state index is -0.551. The highest BCUT2D eigenvalue weighted by Gasteiger charge is 2.54. The molecule has 0 aromatic carbocycles. The fourth-order valence-corrected chi connectivity index (χ4v) is 3.91. The first-order valence-electron chi connectivity index (χ1n) is 8.55. The van der Waals surface area contributed by atoms with Crippen molar-refractivity contribution in [3.05, 3.63) is 0 Å². The summed E-state index contributed by atoms with van der Waals surface area (Å²) < 4.78 is 0. The third-order valence-electron chi connectivity index (χ3n) is 5.13. The predicted molar refractivity (Wildman–Crippen MR) is 83.8 cm³/mol. The van der Waals surface area contributed by atoms with Crippen LogP contribution < -0.4 is 5.32 Å². The normalized spacial score (nSPS) is 26.5. The van der Waals surface area contributed by atoms with E-state index in [1.165, 1.54) is 0 Å². The second-order valence-electron chi connectivity index (χ2n) is 7.28. The quantitative estimate of drug-likeness (QED) is 0.847. The Hall–Kier alpha value is -1.06. The fourth-order valence-electron chi connectivity index (χ4n) is 3.91. The third kappa shape index (κ3) is 2.95. The minimum Gasteiger partial charge on any atom is -0.342 e.